The maximum Gasteiger partial charge on any atom is 0.573 e. The molecule has 1 saturated carbocycles. The lowest BCUT2D eigenvalue weighted by molar-refractivity contribution is -0.274. The number of benzene rings is 2. The van der Waals surface area contributed by atoms with E-state index in [1.807, 2.05) is 38.2 Å². The van der Waals surface area contributed by atoms with Crippen LogP contribution in [-0.2, 0) is 5.60 Å². The third kappa shape index (κ3) is 4.14. The highest BCUT2D eigenvalue weighted by Crippen LogP contribution is 2.50. The van der Waals surface area contributed by atoms with Crippen LogP contribution in [0, 0.1) is 11.3 Å². The molecule has 2 fully saturated rings. The summed E-state index contributed by atoms with van der Waals surface area (Å²) in [5.41, 5.74) is -0.721. The molecule has 7 heteroatoms. The van der Waals surface area contributed by atoms with Crippen LogP contribution in [0.25, 0.3) is 0 Å². The first-order valence-electron chi connectivity index (χ1n) is 10.1. The molecule has 1 aliphatic heterocycles. The Kier molecular flexibility index (Phi) is 5.22. The van der Waals surface area contributed by atoms with Gasteiger partial charge >= 0.3 is 6.36 Å². The molecular formula is C23H26F3NO3. The fourth-order valence-electron chi connectivity index (χ4n) is 4.44. The second-order valence-electron chi connectivity index (χ2n) is 8.80. The molecule has 1 heterocycles. The van der Waals surface area contributed by atoms with Crippen molar-refractivity contribution in [3.8, 4) is 11.5 Å². The molecule has 1 N–H and O–H groups in total. The normalized spacial score (nSPS) is 20.9. The molecule has 1 atom stereocenters. The Labute approximate surface area is 174 Å². The van der Waals surface area contributed by atoms with Gasteiger partial charge < -0.3 is 19.5 Å². The van der Waals surface area contributed by atoms with Crippen molar-refractivity contribution in [3.63, 3.8) is 0 Å². The van der Waals surface area contributed by atoms with Gasteiger partial charge in [-0.1, -0.05) is 31.2 Å². The smallest absolute Gasteiger partial charge is 0.493 e. The van der Waals surface area contributed by atoms with Crippen molar-refractivity contribution < 1.29 is 27.8 Å². The number of hydrogen-bond acceptors (Lipinski definition) is 4. The van der Waals surface area contributed by atoms with Gasteiger partial charge in [0.15, 0.2) is 0 Å². The summed E-state index contributed by atoms with van der Waals surface area (Å²) in [4.78, 5) is 2.10. The first-order valence-corrected chi connectivity index (χ1v) is 10.1. The lowest BCUT2D eigenvalue weighted by Gasteiger charge is -2.56. The molecule has 0 unspecified atom stereocenters. The van der Waals surface area contributed by atoms with Crippen molar-refractivity contribution in [2.24, 2.45) is 11.3 Å². The summed E-state index contributed by atoms with van der Waals surface area (Å²) in [5, 5.41) is 12.0. The summed E-state index contributed by atoms with van der Waals surface area (Å²) in [6, 6.07) is 12.9. The van der Waals surface area contributed by atoms with Gasteiger partial charge in [-0.15, -0.1) is 13.2 Å². The summed E-state index contributed by atoms with van der Waals surface area (Å²) in [6.45, 7) is 3.95. The van der Waals surface area contributed by atoms with E-state index in [1.165, 1.54) is 37.1 Å². The van der Waals surface area contributed by atoms with E-state index in [-0.39, 0.29) is 5.75 Å². The summed E-state index contributed by atoms with van der Waals surface area (Å²) in [6.07, 6.45) is -2.39. The molecule has 2 aromatic rings. The molecule has 0 aromatic heterocycles. The van der Waals surface area contributed by atoms with Crippen LogP contribution in [0.4, 0.5) is 13.2 Å². The largest absolute Gasteiger partial charge is 0.573 e. The zero-order valence-electron chi connectivity index (χ0n) is 17.1. The number of ether oxygens (including phenoxy) is 2. The predicted octanol–water partition coefficient (Wildman–Crippen LogP) is 4.56. The number of rotatable bonds is 7. The van der Waals surface area contributed by atoms with Crippen LogP contribution in [0.5, 0.6) is 11.5 Å². The van der Waals surface area contributed by atoms with Gasteiger partial charge in [-0.3, -0.25) is 0 Å². The summed E-state index contributed by atoms with van der Waals surface area (Å²) in [5.74, 6) is 0.976. The zero-order chi connectivity index (χ0) is 21.6. The molecule has 30 heavy (non-hydrogen) atoms. The SMILES string of the molecule is CN1CC(C)([C@](O)(c2ccc(OC(F)(F)F)cc2)c2cccc(OCC3CC3)c2)C1. The Balaban J connectivity index is 1.68. The number of hydrogen-bond donors (Lipinski definition) is 1. The van der Waals surface area contributed by atoms with E-state index >= 15 is 0 Å². The molecule has 0 amide bonds. The summed E-state index contributed by atoms with van der Waals surface area (Å²) in [7, 11) is 1.97. The van der Waals surface area contributed by atoms with Crippen LogP contribution in [0.15, 0.2) is 48.5 Å². The number of alkyl halides is 3. The van der Waals surface area contributed by atoms with Gasteiger partial charge in [0.1, 0.15) is 17.1 Å². The predicted molar refractivity (Wildman–Crippen MR) is 106 cm³/mol. The molecule has 2 aliphatic rings. The Hall–Kier alpha value is -2.25. The number of nitrogens with zero attached hydrogens (tertiary/aromatic N) is 1. The highest BCUT2D eigenvalue weighted by molar-refractivity contribution is 5.44. The molecule has 1 aliphatic carbocycles. The van der Waals surface area contributed by atoms with Gasteiger partial charge in [0.2, 0.25) is 0 Å². The number of likely N-dealkylation sites (tertiary alicyclic amines) is 1. The standard InChI is InChI=1S/C23H26F3NO3/c1-21(14-27(2)15-21)22(28,17-8-10-19(11-9-17)30-23(24,25)26)18-4-3-5-20(12-18)29-13-16-6-7-16/h3-5,8-12,16,28H,6-7,13-15H2,1-2H3/t22-/m0/s1. The highest BCUT2D eigenvalue weighted by Gasteiger charge is 2.55. The van der Waals surface area contributed by atoms with Gasteiger partial charge in [0.05, 0.1) is 6.61 Å². The van der Waals surface area contributed by atoms with Crippen LogP contribution < -0.4 is 9.47 Å². The van der Waals surface area contributed by atoms with Crippen LogP contribution in [0.2, 0.25) is 0 Å². The molecule has 2 aromatic carbocycles. The minimum absolute atomic E-state index is 0.314. The average Bonchev–Trinajstić information content (AvgIpc) is 3.48. The van der Waals surface area contributed by atoms with Crippen molar-refractivity contribution in [2.45, 2.75) is 31.7 Å². The lowest BCUT2D eigenvalue weighted by atomic mass is 9.62. The average molecular weight is 421 g/mol. The van der Waals surface area contributed by atoms with Crippen molar-refractivity contribution in [1.29, 1.82) is 0 Å². The molecule has 4 rings (SSSR count). The van der Waals surface area contributed by atoms with Crippen LogP contribution in [0.3, 0.4) is 0 Å². The van der Waals surface area contributed by atoms with Crippen molar-refractivity contribution >= 4 is 0 Å². The van der Waals surface area contributed by atoms with E-state index in [0.717, 1.165) is 0 Å². The second-order valence-corrected chi connectivity index (χ2v) is 8.80. The van der Waals surface area contributed by atoms with Gasteiger partial charge in [-0.25, -0.2) is 0 Å². The van der Waals surface area contributed by atoms with E-state index in [1.54, 1.807) is 0 Å². The molecule has 0 bridgehead atoms. The monoisotopic (exact) mass is 421 g/mol. The van der Waals surface area contributed by atoms with Crippen molar-refractivity contribution in [1.82, 2.24) is 4.90 Å². The molecule has 4 nitrogen and oxygen atoms in total. The number of halogens is 3. The van der Waals surface area contributed by atoms with Gasteiger partial charge in [0, 0.05) is 18.5 Å². The topological polar surface area (TPSA) is 41.9 Å². The first-order chi connectivity index (χ1) is 14.1. The molecule has 162 valence electrons. The fraction of sp³-hybridized carbons (Fsp3) is 0.478. The van der Waals surface area contributed by atoms with Crippen molar-refractivity contribution in [2.75, 3.05) is 26.7 Å². The molecular weight excluding hydrogens is 395 g/mol. The van der Waals surface area contributed by atoms with E-state index in [9.17, 15) is 18.3 Å². The first kappa shape index (κ1) is 21.0. The Morgan fingerprint density at radius 1 is 1.03 bits per heavy atom. The lowest BCUT2D eigenvalue weighted by Crippen LogP contribution is -2.63. The molecule has 0 radical (unpaired) electrons. The second kappa shape index (κ2) is 7.46. The summed E-state index contributed by atoms with van der Waals surface area (Å²) < 4.78 is 47.5. The van der Waals surface area contributed by atoms with E-state index < -0.39 is 17.4 Å². The highest BCUT2D eigenvalue weighted by atomic mass is 19.4. The van der Waals surface area contributed by atoms with E-state index in [0.29, 0.717) is 42.5 Å². The van der Waals surface area contributed by atoms with Gasteiger partial charge in [0.25, 0.3) is 0 Å². The van der Waals surface area contributed by atoms with Crippen LogP contribution >= 0.6 is 0 Å². The summed E-state index contributed by atoms with van der Waals surface area (Å²) >= 11 is 0. The minimum atomic E-state index is -4.76. The van der Waals surface area contributed by atoms with Crippen molar-refractivity contribution in [3.05, 3.63) is 59.7 Å². The number of aliphatic hydroxyl groups is 1. The third-order valence-electron chi connectivity index (χ3n) is 6.05. The third-order valence-corrected chi connectivity index (χ3v) is 6.05. The van der Waals surface area contributed by atoms with Crippen LogP contribution in [-0.4, -0.2) is 43.1 Å². The Morgan fingerprint density at radius 3 is 2.27 bits per heavy atom. The Bertz CT molecular complexity index is 889. The van der Waals surface area contributed by atoms with E-state index in [4.69, 9.17) is 4.74 Å². The molecule has 1 saturated heterocycles. The maximum absolute atomic E-state index is 12.5. The molecule has 0 spiro atoms. The quantitative estimate of drug-likeness (QED) is 0.712. The van der Waals surface area contributed by atoms with Crippen LogP contribution in [0.1, 0.15) is 30.9 Å². The van der Waals surface area contributed by atoms with E-state index in [2.05, 4.69) is 9.64 Å². The zero-order valence-corrected chi connectivity index (χ0v) is 17.1. The maximum atomic E-state index is 12.5. The minimum Gasteiger partial charge on any atom is -0.493 e. The van der Waals surface area contributed by atoms with Gasteiger partial charge in [-0.05, 0) is 61.2 Å². The van der Waals surface area contributed by atoms with Gasteiger partial charge in [-0.2, -0.15) is 0 Å². The Morgan fingerprint density at radius 2 is 1.70 bits per heavy atom. The fourth-order valence-corrected chi connectivity index (χ4v) is 4.44.